The number of nitrogens with one attached hydrogen (secondary N) is 2. The Labute approximate surface area is 178 Å². The van der Waals surface area contributed by atoms with Crippen molar-refractivity contribution in [3.8, 4) is 0 Å². The van der Waals surface area contributed by atoms with E-state index in [0.29, 0.717) is 23.4 Å². The van der Waals surface area contributed by atoms with Crippen molar-refractivity contribution in [3.63, 3.8) is 0 Å². The minimum atomic E-state index is -0.280. The largest absolute Gasteiger partial charge is 0.348 e. The summed E-state index contributed by atoms with van der Waals surface area (Å²) in [6, 6.07) is 8.54. The molecule has 8 heteroatoms. The van der Waals surface area contributed by atoms with Crippen molar-refractivity contribution in [2.75, 3.05) is 11.9 Å². The van der Waals surface area contributed by atoms with Crippen molar-refractivity contribution in [3.05, 3.63) is 59.4 Å². The third-order valence-corrected chi connectivity index (χ3v) is 4.22. The van der Waals surface area contributed by atoms with Crippen LogP contribution < -0.4 is 16.4 Å². The molecule has 0 saturated heterocycles. The van der Waals surface area contributed by atoms with Gasteiger partial charge in [0.1, 0.15) is 0 Å². The summed E-state index contributed by atoms with van der Waals surface area (Å²) in [5, 5.41) is 5.82. The molecule has 4 N–H and O–H groups in total. The highest BCUT2D eigenvalue weighted by molar-refractivity contribution is 6.09. The van der Waals surface area contributed by atoms with E-state index in [2.05, 4.69) is 22.5 Å². The molecule has 154 valence electrons. The highest BCUT2D eigenvalue weighted by Gasteiger charge is 2.18. The minimum Gasteiger partial charge on any atom is -0.348 e. The van der Waals surface area contributed by atoms with E-state index in [9.17, 15) is 9.59 Å². The molecule has 0 radical (unpaired) electrons. The molecule has 1 unspecified atom stereocenters. The number of unbranched alkanes of at least 4 members (excludes halogenated alkanes) is 1. The van der Waals surface area contributed by atoms with E-state index < -0.39 is 0 Å². The monoisotopic (exact) mass is 426 g/mol. The SMILES string of the molecule is CCCCC(CN)NC(=O)c1cccc(C)c1NC(=O)c1ccncc1.Cl.Cl. The molecular formula is C20H28Cl2N4O2. The summed E-state index contributed by atoms with van der Waals surface area (Å²) in [7, 11) is 0. The van der Waals surface area contributed by atoms with Crippen molar-refractivity contribution in [2.45, 2.75) is 39.2 Å². The fraction of sp³-hybridized carbons (Fsp3) is 0.350. The molecule has 1 aromatic carbocycles. The van der Waals surface area contributed by atoms with Crippen LogP contribution in [0.2, 0.25) is 0 Å². The molecule has 6 nitrogen and oxygen atoms in total. The number of anilines is 1. The Morgan fingerprint density at radius 2 is 1.79 bits per heavy atom. The molecular weight excluding hydrogens is 399 g/mol. The molecule has 0 fully saturated rings. The van der Waals surface area contributed by atoms with Gasteiger partial charge in [0.25, 0.3) is 11.8 Å². The number of amides is 2. The first-order valence-corrected chi connectivity index (χ1v) is 8.88. The maximum atomic E-state index is 12.7. The van der Waals surface area contributed by atoms with Crippen LogP contribution in [0.1, 0.15) is 52.5 Å². The van der Waals surface area contributed by atoms with E-state index >= 15 is 0 Å². The van der Waals surface area contributed by atoms with E-state index in [1.807, 2.05) is 13.0 Å². The van der Waals surface area contributed by atoms with E-state index in [-0.39, 0.29) is 42.7 Å². The van der Waals surface area contributed by atoms with Gasteiger partial charge in [-0.25, -0.2) is 0 Å². The average Bonchev–Trinajstić information content (AvgIpc) is 2.67. The summed E-state index contributed by atoms with van der Waals surface area (Å²) < 4.78 is 0. The Hall–Kier alpha value is -2.15. The van der Waals surface area contributed by atoms with Crippen molar-refractivity contribution in [2.24, 2.45) is 5.73 Å². The highest BCUT2D eigenvalue weighted by Crippen LogP contribution is 2.22. The lowest BCUT2D eigenvalue weighted by atomic mass is 10.0. The smallest absolute Gasteiger partial charge is 0.255 e. The molecule has 2 rings (SSSR count). The van der Waals surface area contributed by atoms with Crippen LogP contribution in [0.4, 0.5) is 5.69 Å². The highest BCUT2D eigenvalue weighted by atomic mass is 35.5. The first-order valence-electron chi connectivity index (χ1n) is 8.88. The number of hydrogen-bond donors (Lipinski definition) is 3. The van der Waals surface area contributed by atoms with Gasteiger partial charge in [-0.3, -0.25) is 14.6 Å². The Bertz CT molecular complexity index is 757. The van der Waals surface area contributed by atoms with Crippen LogP contribution >= 0.6 is 24.8 Å². The zero-order chi connectivity index (χ0) is 18.9. The maximum absolute atomic E-state index is 12.7. The normalized spacial score (nSPS) is 10.8. The molecule has 1 aromatic heterocycles. The van der Waals surface area contributed by atoms with Gasteiger partial charge in [-0.2, -0.15) is 0 Å². The summed E-state index contributed by atoms with van der Waals surface area (Å²) >= 11 is 0. The molecule has 2 amide bonds. The van der Waals surface area contributed by atoms with E-state index in [1.165, 1.54) is 0 Å². The predicted octanol–water partition coefficient (Wildman–Crippen LogP) is 3.73. The van der Waals surface area contributed by atoms with Gasteiger partial charge in [0.05, 0.1) is 11.3 Å². The molecule has 28 heavy (non-hydrogen) atoms. The first-order chi connectivity index (χ1) is 12.6. The van der Waals surface area contributed by atoms with E-state index in [4.69, 9.17) is 5.73 Å². The Morgan fingerprint density at radius 1 is 1.11 bits per heavy atom. The molecule has 0 aliphatic rings. The number of rotatable bonds is 8. The lowest BCUT2D eigenvalue weighted by Crippen LogP contribution is -2.40. The average molecular weight is 427 g/mol. The van der Waals surface area contributed by atoms with Gasteiger partial charge < -0.3 is 16.4 Å². The van der Waals surface area contributed by atoms with Crippen molar-refractivity contribution in [1.29, 1.82) is 0 Å². The number of benzene rings is 1. The number of para-hydroxylation sites is 1. The van der Waals surface area contributed by atoms with E-state index in [1.54, 1.807) is 36.7 Å². The van der Waals surface area contributed by atoms with Crippen LogP contribution in [0.15, 0.2) is 42.7 Å². The maximum Gasteiger partial charge on any atom is 0.255 e. The topological polar surface area (TPSA) is 97.1 Å². The summed E-state index contributed by atoms with van der Waals surface area (Å²) in [5.41, 5.74) is 8.02. The summed E-state index contributed by atoms with van der Waals surface area (Å²) in [5.74, 6) is -0.512. The number of aryl methyl sites for hydroxylation is 1. The van der Waals surface area contributed by atoms with Gasteiger partial charge in [-0.05, 0) is 37.1 Å². The zero-order valence-corrected chi connectivity index (χ0v) is 17.7. The molecule has 2 aromatic rings. The number of nitrogens with zero attached hydrogens (tertiary/aromatic N) is 1. The molecule has 0 aliphatic carbocycles. The van der Waals surface area contributed by atoms with Gasteiger partial charge >= 0.3 is 0 Å². The van der Waals surface area contributed by atoms with Crippen molar-refractivity contribution < 1.29 is 9.59 Å². The van der Waals surface area contributed by atoms with Gasteiger partial charge in [0, 0.05) is 30.5 Å². The summed E-state index contributed by atoms with van der Waals surface area (Å²) in [6.45, 7) is 4.34. The van der Waals surface area contributed by atoms with Crippen LogP contribution in [-0.4, -0.2) is 29.4 Å². The number of aromatic nitrogens is 1. The second-order valence-electron chi connectivity index (χ2n) is 6.24. The number of pyridine rings is 1. The summed E-state index contributed by atoms with van der Waals surface area (Å²) in [4.78, 5) is 29.1. The Morgan fingerprint density at radius 3 is 2.39 bits per heavy atom. The molecule has 1 heterocycles. The third kappa shape index (κ3) is 7.11. The number of halogens is 2. The van der Waals surface area contributed by atoms with Crippen LogP contribution in [0.25, 0.3) is 0 Å². The fourth-order valence-corrected chi connectivity index (χ4v) is 2.67. The molecule has 0 saturated carbocycles. The third-order valence-electron chi connectivity index (χ3n) is 4.22. The van der Waals surface area contributed by atoms with E-state index in [0.717, 1.165) is 24.8 Å². The minimum absolute atomic E-state index is 0. The number of nitrogens with two attached hydrogens (primary N) is 1. The van der Waals surface area contributed by atoms with Crippen LogP contribution in [0, 0.1) is 6.92 Å². The zero-order valence-electron chi connectivity index (χ0n) is 16.1. The second-order valence-corrected chi connectivity index (χ2v) is 6.24. The predicted molar refractivity (Wildman–Crippen MR) is 118 cm³/mol. The first kappa shape index (κ1) is 25.9. The van der Waals surface area contributed by atoms with Gasteiger partial charge in [-0.15, -0.1) is 24.8 Å². The quantitative estimate of drug-likeness (QED) is 0.598. The molecule has 0 aliphatic heterocycles. The summed E-state index contributed by atoms with van der Waals surface area (Å²) in [6.07, 6.45) is 5.99. The number of carbonyl (C=O) groups excluding carboxylic acids is 2. The lowest BCUT2D eigenvalue weighted by molar-refractivity contribution is 0.0936. The van der Waals surface area contributed by atoms with Crippen LogP contribution in [0.5, 0.6) is 0 Å². The number of hydrogen-bond acceptors (Lipinski definition) is 4. The second kappa shape index (κ2) is 13.1. The van der Waals surface area contributed by atoms with Crippen LogP contribution in [-0.2, 0) is 0 Å². The molecule has 1 atom stereocenters. The van der Waals surface area contributed by atoms with Gasteiger partial charge in [0.2, 0.25) is 0 Å². The van der Waals surface area contributed by atoms with Crippen LogP contribution in [0.3, 0.4) is 0 Å². The van der Waals surface area contributed by atoms with Crippen molar-refractivity contribution >= 4 is 42.3 Å². The Kier molecular flexibility index (Phi) is 12.1. The molecule has 0 spiro atoms. The number of carbonyl (C=O) groups is 2. The lowest BCUT2D eigenvalue weighted by Gasteiger charge is -2.19. The molecule has 0 bridgehead atoms. The Balaban J connectivity index is 0.00000364. The fourth-order valence-electron chi connectivity index (χ4n) is 2.67. The van der Waals surface area contributed by atoms with Gasteiger partial charge in [0.15, 0.2) is 0 Å². The van der Waals surface area contributed by atoms with Crippen molar-refractivity contribution in [1.82, 2.24) is 10.3 Å². The standard InChI is InChI=1S/C20H26N4O2.2ClH/c1-3-4-7-16(13-21)23-20(26)17-8-5-6-14(2)18(17)24-19(25)15-9-11-22-12-10-15;;/h5-6,8-12,16H,3-4,7,13,21H2,1-2H3,(H,23,26)(H,24,25);2*1H. The van der Waals surface area contributed by atoms with Gasteiger partial charge in [-0.1, -0.05) is 31.9 Å².